The zero-order valence-corrected chi connectivity index (χ0v) is 16.8. The second kappa shape index (κ2) is 7.63. The van der Waals surface area contributed by atoms with E-state index in [0.717, 1.165) is 12.0 Å². The van der Waals surface area contributed by atoms with Gasteiger partial charge in [-0.15, -0.1) is 0 Å². The van der Waals surface area contributed by atoms with E-state index >= 15 is 0 Å². The van der Waals surface area contributed by atoms with Crippen molar-refractivity contribution in [3.05, 3.63) is 0 Å². The molecule has 24 heavy (non-hydrogen) atoms. The third-order valence-electron chi connectivity index (χ3n) is 7.15. The van der Waals surface area contributed by atoms with E-state index in [-0.39, 0.29) is 0 Å². The summed E-state index contributed by atoms with van der Waals surface area (Å²) in [7, 11) is 0. The number of rotatable bonds is 5. The van der Waals surface area contributed by atoms with Gasteiger partial charge < -0.3 is 9.64 Å². The summed E-state index contributed by atoms with van der Waals surface area (Å²) in [5.74, 6) is 0.909. The molecular weight excluding hydrogens is 296 g/mol. The first kappa shape index (κ1) is 18.7. The van der Waals surface area contributed by atoms with Gasteiger partial charge in [-0.05, 0) is 63.8 Å². The number of piperidine rings is 2. The number of likely N-dealkylation sites (tertiary alicyclic amines) is 2. The average Bonchev–Trinajstić information content (AvgIpc) is 2.50. The molecule has 1 unspecified atom stereocenters. The molecule has 0 spiro atoms. The molecular formula is C21H40N2O. The van der Waals surface area contributed by atoms with Crippen molar-refractivity contribution < 1.29 is 4.74 Å². The largest absolute Gasteiger partial charge is 0.375 e. The van der Waals surface area contributed by atoms with Crippen LogP contribution in [0.15, 0.2) is 0 Å². The number of hydrogen-bond donors (Lipinski definition) is 0. The lowest BCUT2D eigenvalue weighted by molar-refractivity contribution is -0.116. The minimum atomic E-state index is 0.489. The van der Waals surface area contributed by atoms with Crippen molar-refractivity contribution in [2.24, 2.45) is 11.3 Å². The van der Waals surface area contributed by atoms with E-state index < -0.39 is 0 Å². The Balaban J connectivity index is 1.38. The summed E-state index contributed by atoms with van der Waals surface area (Å²) in [5, 5.41) is 0. The lowest BCUT2D eigenvalue weighted by atomic mass is 9.71. The molecule has 0 amide bonds. The molecule has 3 heteroatoms. The Labute approximate surface area is 150 Å². The zero-order chi connectivity index (χ0) is 17.3. The molecule has 0 aromatic carbocycles. The maximum Gasteiger partial charge on any atom is 0.0608 e. The average molecular weight is 337 g/mol. The monoisotopic (exact) mass is 336 g/mol. The Kier molecular flexibility index (Phi) is 5.94. The van der Waals surface area contributed by atoms with Crippen molar-refractivity contribution in [1.29, 1.82) is 0 Å². The molecule has 3 nitrogen and oxygen atoms in total. The maximum atomic E-state index is 6.42. The van der Waals surface area contributed by atoms with E-state index in [1.54, 1.807) is 0 Å². The minimum Gasteiger partial charge on any atom is -0.375 e. The molecule has 2 saturated heterocycles. The third-order valence-corrected chi connectivity index (χ3v) is 7.15. The van der Waals surface area contributed by atoms with Crippen LogP contribution < -0.4 is 0 Å². The molecule has 3 aliphatic rings. The van der Waals surface area contributed by atoms with E-state index in [0.29, 0.717) is 23.7 Å². The SMILES string of the molecule is CCC1CCN(C2CC(OC3CCN(C(C)C)CC3)C2)CC1(C)C. The Bertz CT molecular complexity index is 395. The Morgan fingerprint density at radius 2 is 1.67 bits per heavy atom. The highest BCUT2D eigenvalue weighted by Gasteiger charge is 2.42. The Hall–Kier alpha value is -0.120. The molecule has 1 atom stereocenters. The van der Waals surface area contributed by atoms with Gasteiger partial charge >= 0.3 is 0 Å². The summed E-state index contributed by atoms with van der Waals surface area (Å²) in [4.78, 5) is 5.36. The van der Waals surface area contributed by atoms with Crippen LogP contribution in [0.2, 0.25) is 0 Å². The molecule has 1 aliphatic carbocycles. The summed E-state index contributed by atoms with van der Waals surface area (Å²) in [5.41, 5.74) is 0.489. The van der Waals surface area contributed by atoms with Crippen LogP contribution in [0.4, 0.5) is 0 Å². The van der Waals surface area contributed by atoms with Crippen molar-refractivity contribution in [2.75, 3.05) is 26.2 Å². The topological polar surface area (TPSA) is 15.7 Å². The smallest absolute Gasteiger partial charge is 0.0608 e. The van der Waals surface area contributed by atoms with Gasteiger partial charge in [-0.3, -0.25) is 4.90 Å². The van der Waals surface area contributed by atoms with Gasteiger partial charge in [-0.25, -0.2) is 0 Å². The first-order valence-electron chi connectivity index (χ1n) is 10.5. The normalized spacial score (nSPS) is 36.0. The highest BCUT2D eigenvalue weighted by molar-refractivity contribution is 4.95. The van der Waals surface area contributed by atoms with Crippen molar-refractivity contribution in [3.8, 4) is 0 Å². The molecule has 0 radical (unpaired) electrons. The molecule has 3 rings (SSSR count). The third kappa shape index (κ3) is 4.16. The van der Waals surface area contributed by atoms with E-state index in [1.807, 2.05) is 0 Å². The number of nitrogens with zero attached hydrogens (tertiary/aromatic N) is 2. The van der Waals surface area contributed by atoms with Gasteiger partial charge in [0.2, 0.25) is 0 Å². The standard InChI is InChI=1S/C21H40N2O/c1-6-17-7-10-23(15-21(17,4)5)18-13-20(14-18)24-19-8-11-22(12-9-19)16(2)3/h16-20H,6-15H2,1-5H3. The summed E-state index contributed by atoms with van der Waals surface area (Å²) in [6, 6.07) is 1.48. The first-order valence-corrected chi connectivity index (χ1v) is 10.5. The minimum absolute atomic E-state index is 0.489. The molecule has 2 heterocycles. The van der Waals surface area contributed by atoms with Crippen LogP contribution in [0.25, 0.3) is 0 Å². The second-order valence-corrected chi connectivity index (χ2v) is 9.57. The molecule has 0 bridgehead atoms. The lowest BCUT2D eigenvalue weighted by Gasteiger charge is -2.51. The van der Waals surface area contributed by atoms with Crippen LogP contribution in [0.3, 0.4) is 0 Å². The number of ether oxygens (including phenoxy) is 1. The lowest BCUT2D eigenvalue weighted by Crippen LogP contribution is -2.56. The predicted molar refractivity (Wildman–Crippen MR) is 101 cm³/mol. The van der Waals surface area contributed by atoms with Crippen molar-refractivity contribution in [3.63, 3.8) is 0 Å². The summed E-state index contributed by atoms with van der Waals surface area (Å²) >= 11 is 0. The fourth-order valence-electron chi connectivity index (χ4n) is 5.26. The first-order chi connectivity index (χ1) is 11.4. The van der Waals surface area contributed by atoms with Crippen molar-refractivity contribution in [2.45, 2.75) is 97.4 Å². The van der Waals surface area contributed by atoms with Crippen molar-refractivity contribution >= 4 is 0 Å². The quantitative estimate of drug-likeness (QED) is 0.749. The Morgan fingerprint density at radius 1 is 1.00 bits per heavy atom. The molecule has 140 valence electrons. The molecule has 3 fully saturated rings. The van der Waals surface area contributed by atoms with E-state index in [2.05, 4.69) is 44.4 Å². The highest BCUT2D eigenvalue weighted by Crippen LogP contribution is 2.41. The van der Waals surface area contributed by atoms with Gasteiger partial charge in [-0.1, -0.05) is 27.2 Å². The molecule has 1 saturated carbocycles. The van der Waals surface area contributed by atoms with Gasteiger partial charge in [0.15, 0.2) is 0 Å². The zero-order valence-electron chi connectivity index (χ0n) is 16.8. The fourth-order valence-corrected chi connectivity index (χ4v) is 5.26. The molecule has 0 aromatic heterocycles. The van der Waals surface area contributed by atoms with Crippen LogP contribution in [-0.4, -0.2) is 60.3 Å². The molecule has 2 aliphatic heterocycles. The summed E-state index contributed by atoms with van der Waals surface area (Å²) < 4.78 is 6.42. The number of hydrogen-bond acceptors (Lipinski definition) is 3. The van der Waals surface area contributed by atoms with Crippen LogP contribution in [0.1, 0.15) is 73.1 Å². The highest BCUT2D eigenvalue weighted by atomic mass is 16.5. The summed E-state index contributed by atoms with van der Waals surface area (Å²) in [6.07, 6.45) is 8.80. The van der Waals surface area contributed by atoms with E-state index in [4.69, 9.17) is 4.74 Å². The second-order valence-electron chi connectivity index (χ2n) is 9.57. The van der Waals surface area contributed by atoms with Crippen LogP contribution >= 0.6 is 0 Å². The van der Waals surface area contributed by atoms with Crippen molar-refractivity contribution in [1.82, 2.24) is 9.80 Å². The van der Waals surface area contributed by atoms with Crippen LogP contribution in [0.5, 0.6) is 0 Å². The van der Waals surface area contributed by atoms with E-state index in [1.165, 1.54) is 64.7 Å². The van der Waals surface area contributed by atoms with Gasteiger partial charge in [0.1, 0.15) is 0 Å². The fraction of sp³-hybridized carbons (Fsp3) is 1.00. The van der Waals surface area contributed by atoms with Gasteiger partial charge in [0, 0.05) is 31.7 Å². The maximum absolute atomic E-state index is 6.42. The van der Waals surface area contributed by atoms with Crippen LogP contribution in [0, 0.1) is 11.3 Å². The summed E-state index contributed by atoms with van der Waals surface area (Å²) in [6.45, 7) is 17.0. The predicted octanol–water partition coefficient (Wildman–Crippen LogP) is 4.16. The van der Waals surface area contributed by atoms with Crippen LogP contribution in [-0.2, 0) is 4.74 Å². The van der Waals surface area contributed by atoms with E-state index in [9.17, 15) is 0 Å². The van der Waals surface area contributed by atoms with Gasteiger partial charge in [0.25, 0.3) is 0 Å². The van der Waals surface area contributed by atoms with Gasteiger partial charge in [0.05, 0.1) is 12.2 Å². The molecule has 0 aromatic rings. The molecule has 0 N–H and O–H groups in total. The Morgan fingerprint density at radius 3 is 2.21 bits per heavy atom. The van der Waals surface area contributed by atoms with Gasteiger partial charge in [-0.2, -0.15) is 0 Å².